The van der Waals surface area contributed by atoms with Crippen LogP contribution in [0.15, 0.2) is 15.0 Å². The van der Waals surface area contributed by atoms with Gasteiger partial charge in [-0.25, -0.2) is 10.5 Å². The van der Waals surface area contributed by atoms with Gasteiger partial charge in [0.15, 0.2) is 5.65 Å². The van der Waals surface area contributed by atoms with Crippen molar-refractivity contribution in [3.05, 3.63) is 26.4 Å². The van der Waals surface area contributed by atoms with Crippen LogP contribution in [0, 0.1) is 13.8 Å². The Labute approximate surface area is 126 Å². The number of aryl methyl sites for hydroxylation is 2. The first-order valence-electron chi connectivity index (χ1n) is 5.46. The molecular weight excluding hydrogens is 380 g/mol. The summed E-state index contributed by atoms with van der Waals surface area (Å²) < 4.78 is 3.80. The molecule has 0 aliphatic carbocycles. The van der Waals surface area contributed by atoms with Crippen molar-refractivity contribution in [2.24, 2.45) is 0 Å². The highest BCUT2D eigenvalue weighted by Crippen LogP contribution is 2.29. The third-order valence-electron chi connectivity index (χ3n) is 2.80. The number of pyridine rings is 1. The minimum absolute atomic E-state index is 0.0426. The molecule has 6 nitrogen and oxygen atoms in total. The van der Waals surface area contributed by atoms with Crippen LogP contribution in [0.25, 0.3) is 5.65 Å². The van der Waals surface area contributed by atoms with Crippen LogP contribution in [0.3, 0.4) is 0 Å². The number of hydroxylamine groups is 1. The molecule has 2 aromatic rings. The van der Waals surface area contributed by atoms with Gasteiger partial charge < -0.3 is 5.32 Å². The summed E-state index contributed by atoms with van der Waals surface area (Å²) in [6.45, 7) is 3.84. The summed E-state index contributed by atoms with van der Waals surface area (Å²) >= 11 is 6.95. The molecule has 2 rings (SSSR count). The lowest BCUT2D eigenvalue weighted by molar-refractivity contribution is -0.127. The Bertz CT molecular complexity index is 654. The summed E-state index contributed by atoms with van der Waals surface area (Å²) in [6.07, 6.45) is 0. The fraction of sp³-hybridized carbons (Fsp3) is 0.273. The minimum atomic E-state index is -0.520. The normalized spacial score (nSPS) is 10.8. The second-order valence-electron chi connectivity index (χ2n) is 4.02. The molecule has 0 aliphatic heterocycles. The summed E-state index contributed by atoms with van der Waals surface area (Å²) in [7, 11) is 0. The van der Waals surface area contributed by atoms with Crippen LogP contribution >= 0.6 is 31.9 Å². The maximum Gasteiger partial charge on any atom is 0.262 e. The van der Waals surface area contributed by atoms with E-state index in [1.807, 2.05) is 24.3 Å². The molecule has 19 heavy (non-hydrogen) atoms. The van der Waals surface area contributed by atoms with Crippen molar-refractivity contribution in [2.45, 2.75) is 13.8 Å². The molecule has 0 aliphatic rings. The molecule has 0 aromatic carbocycles. The molecule has 2 heterocycles. The molecule has 0 spiro atoms. The molecule has 0 radical (unpaired) electrons. The molecule has 0 saturated heterocycles. The number of halogens is 2. The second-order valence-corrected chi connectivity index (χ2v) is 5.73. The molecule has 0 atom stereocenters. The first kappa shape index (κ1) is 14.3. The van der Waals surface area contributed by atoms with Gasteiger partial charge in [0.2, 0.25) is 0 Å². The van der Waals surface area contributed by atoms with Crippen LogP contribution in [0.5, 0.6) is 0 Å². The average Bonchev–Trinajstić information content (AvgIpc) is 2.71. The van der Waals surface area contributed by atoms with Gasteiger partial charge in [-0.15, -0.1) is 0 Å². The largest absolute Gasteiger partial charge is 0.359 e. The number of hydrogen-bond donors (Lipinski definition) is 3. The predicted molar refractivity (Wildman–Crippen MR) is 78.5 cm³/mol. The van der Waals surface area contributed by atoms with E-state index in [1.165, 1.54) is 0 Å². The van der Waals surface area contributed by atoms with Gasteiger partial charge in [0.25, 0.3) is 5.91 Å². The highest BCUT2D eigenvalue weighted by molar-refractivity contribution is 9.11. The molecule has 0 fully saturated rings. The van der Waals surface area contributed by atoms with Gasteiger partial charge in [-0.2, -0.15) is 0 Å². The van der Waals surface area contributed by atoms with Crippen LogP contribution < -0.4 is 10.8 Å². The predicted octanol–water partition coefficient (Wildman–Crippen LogP) is 2.39. The SMILES string of the molecule is Cc1c(Br)cc(Br)c2nc(NCC(=O)NO)c(C)n12. The van der Waals surface area contributed by atoms with Gasteiger partial charge in [0.1, 0.15) is 5.82 Å². The Balaban J connectivity index is 2.48. The van der Waals surface area contributed by atoms with E-state index < -0.39 is 5.91 Å². The van der Waals surface area contributed by atoms with Crippen LogP contribution in [0.2, 0.25) is 0 Å². The number of fused-ring (bicyclic) bond motifs is 1. The lowest BCUT2D eigenvalue weighted by atomic mass is 10.3. The van der Waals surface area contributed by atoms with Gasteiger partial charge in [-0.3, -0.25) is 14.4 Å². The van der Waals surface area contributed by atoms with Gasteiger partial charge in [0, 0.05) is 10.2 Å². The number of anilines is 1. The minimum Gasteiger partial charge on any atom is -0.359 e. The fourth-order valence-corrected chi connectivity index (χ4v) is 3.04. The standard InChI is InChI=1S/C11H12Br2N4O2/c1-5-7(12)3-8(13)11-15-10(6(2)17(5)11)14-4-9(18)16-19/h3,14,19H,4H2,1-2H3,(H,16,18). The smallest absolute Gasteiger partial charge is 0.262 e. The van der Waals surface area contributed by atoms with Crippen molar-refractivity contribution >= 4 is 49.2 Å². The molecule has 3 N–H and O–H groups in total. The number of carbonyl (C=O) groups is 1. The van der Waals surface area contributed by atoms with E-state index in [4.69, 9.17) is 5.21 Å². The van der Waals surface area contributed by atoms with Gasteiger partial charge >= 0.3 is 0 Å². The van der Waals surface area contributed by atoms with E-state index in [2.05, 4.69) is 42.2 Å². The molecule has 102 valence electrons. The Morgan fingerprint density at radius 3 is 2.68 bits per heavy atom. The van der Waals surface area contributed by atoms with E-state index in [-0.39, 0.29) is 6.54 Å². The van der Waals surface area contributed by atoms with Crippen LogP contribution in [0.1, 0.15) is 11.4 Å². The molecule has 8 heteroatoms. The number of rotatable bonds is 3. The molecule has 0 bridgehead atoms. The number of carbonyl (C=O) groups excluding carboxylic acids is 1. The lowest BCUT2D eigenvalue weighted by Gasteiger charge is -2.06. The number of nitrogens with zero attached hydrogens (tertiary/aromatic N) is 2. The summed E-state index contributed by atoms with van der Waals surface area (Å²) in [5.41, 5.74) is 4.24. The first-order valence-corrected chi connectivity index (χ1v) is 7.04. The van der Waals surface area contributed by atoms with Crippen molar-refractivity contribution in [1.29, 1.82) is 0 Å². The summed E-state index contributed by atoms with van der Waals surface area (Å²) in [5.74, 6) is 0.0823. The topological polar surface area (TPSA) is 78.7 Å². The highest BCUT2D eigenvalue weighted by atomic mass is 79.9. The third-order valence-corrected chi connectivity index (χ3v) is 4.18. The number of nitrogens with one attached hydrogen (secondary N) is 2. The Kier molecular flexibility index (Phi) is 4.12. The van der Waals surface area contributed by atoms with Gasteiger partial charge in [-0.1, -0.05) is 0 Å². The van der Waals surface area contributed by atoms with Crippen LogP contribution in [-0.4, -0.2) is 27.0 Å². The van der Waals surface area contributed by atoms with Crippen molar-refractivity contribution in [3.63, 3.8) is 0 Å². The summed E-state index contributed by atoms with van der Waals surface area (Å²) in [6, 6.07) is 1.93. The number of aromatic nitrogens is 2. The highest BCUT2D eigenvalue weighted by Gasteiger charge is 2.15. The average molecular weight is 392 g/mol. The quantitative estimate of drug-likeness (QED) is 0.554. The number of imidazole rings is 1. The van der Waals surface area contributed by atoms with E-state index in [0.29, 0.717) is 5.82 Å². The van der Waals surface area contributed by atoms with Crippen LogP contribution in [0.4, 0.5) is 5.82 Å². The zero-order valence-electron chi connectivity index (χ0n) is 10.3. The number of amides is 1. The molecule has 0 saturated carbocycles. The summed E-state index contributed by atoms with van der Waals surface area (Å²) in [5, 5.41) is 11.4. The first-order chi connectivity index (χ1) is 8.95. The monoisotopic (exact) mass is 390 g/mol. The van der Waals surface area contributed by atoms with E-state index in [1.54, 1.807) is 5.48 Å². The molecule has 0 unspecified atom stereocenters. The Morgan fingerprint density at radius 2 is 2.05 bits per heavy atom. The molecule has 2 aromatic heterocycles. The number of hydrogen-bond acceptors (Lipinski definition) is 4. The fourth-order valence-electron chi connectivity index (χ4n) is 1.83. The van der Waals surface area contributed by atoms with Crippen molar-refractivity contribution in [3.8, 4) is 0 Å². The van der Waals surface area contributed by atoms with Crippen molar-refractivity contribution < 1.29 is 10.0 Å². The van der Waals surface area contributed by atoms with Gasteiger partial charge in [-0.05, 0) is 51.8 Å². The second kappa shape index (κ2) is 5.48. The zero-order chi connectivity index (χ0) is 14.2. The lowest BCUT2D eigenvalue weighted by Crippen LogP contribution is -2.27. The van der Waals surface area contributed by atoms with Crippen molar-refractivity contribution in [1.82, 2.24) is 14.9 Å². The Hall–Kier alpha value is -1.12. The zero-order valence-corrected chi connectivity index (χ0v) is 13.5. The van der Waals surface area contributed by atoms with E-state index in [9.17, 15) is 4.79 Å². The van der Waals surface area contributed by atoms with Crippen LogP contribution in [-0.2, 0) is 4.79 Å². The maximum absolute atomic E-state index is 11.0. The molecule has 1 amide bonds. The summed E-state index contributed by atoms with van der Waals surface area (Å²) in [4.78, 5) is 15.5. The third kappa shape index (κ3) is 2.60. The maximum atomic E-state index is 11.0. The molecular formula is C11H12Br2N4O2. The van der Waals surface area contributed by atoms with Gasteiger partial charge in [0.05, 0.1) is 16.7 Å². The van der Waals surface area contributed by atoms with E-state index in [0.717, 1.165) is 26.0 Å². The Morgan fingerprint density at radius 1 is 1.37 bits per heavy atom. The van der Waals surface area contributed by atoms with Crippen molar-refractivity contribution in [2.75, 3.05) is 11.9 Å². The van der Waals surface area contributed by atoms with E-state index >= 15 is 0 Å².